The number of hydrogen-bond acceptors (Lipinski definition) is 7. The van der Waals surface area contributed by atoms with Crippen LogP contribution in [0.4, 0.5) is 5.69 Å². The van der Waals surface area contributed by atoms with Gasteiger partial charge in [0.25, 0.3) is 11.7 Å². The Morgan fingerprint density at radius 2 is 1.75 bits per heavy atom. The Morgan fingerprint density at radius 1 is 1.06 bits per heavy atom. The molecule has 188 valence electrons. The van der Waals surface area contributed by atoms with E-state index in [1.54, 1.807) is 48.5 Å². The van der Waals surface area contributed by atoms with E-state index in [9.17, 15) is 14.7 Å². The number of furan rings is 1. The van der Waals surface area contributed by atoms with Crippen molar-refractivity contribution in [3.05, 3.63) is 77.3 Å². The number of methoxy groups -OCH3 is 2. The van der Waals surface area contributed by atoms with Crippen molar-refractivity contribution in [1.29, 1.82) is 0 Å². The number of aliphatic hydroxyl groups is 1. The van der Waals surface area contributed by atoms with Crippen LogP contribution in [-0.2, 0) is 9.59 Å². The van der Waals surface area contributed by atoms with Crippen LogP contribution in [0.15, 0.2) is 64.8 Å². The number of hydrogen-bond donors (Lipinski definition) is 1. The Kier molecular flexibility index (Phi) is 7.05. The summed E-state index contributed by atoms with van der Waals surface area (Å²) in [4.78, 5) is 28.0. The lowest BCUT2D eigenvalue weighted by Gasteiger charge is -2.24. The van der Waals surface area contributed by atoms with Crippen molar-refractivity contribution in [3.63, 3.8) is 0 Å². The number of amides is 1. The van der Waals surface area contributed by atoms with Crippen molar-refractivity contribution in [3.8, 4) is 17.2 Å². The van der Waals surface area contributed by atoms with Crippen LogP contribution in [0.5, 0.6) is 17.2 Å². The largest absolute Gasteiger partial charge is 0.507 e. The third-order valence-corrected chi connectivity index (χ3v) is 6.08. The molecule has 1 unspecified atom stereocenters. The van der Waals surface area contributed by atoms with Gasteiger partial charge in [0.15, 0.2) is 0 Å². The van der Waals surface area contributed by atoms with E-state index in [4.69, 9.17) is 18.6 Å². The number of aliphatic hydroxyl groups excluding tert-OH is 1. The van der Waals surface area contributed by atoms with E-state index in [-0.39, 0.29) is 17.3 Å². The number of ether oxygens (including phenoxy) is 3. The van der Waals surface area contributed by atoms with Crippen molar-refractivity contribution < 1.29 is 33.3 Å². The van der Waals surface area contributed by atoms with E-state index in [0.29, 0.717) is 40.9 Å². The van der Waals surface area contributed by atoms with Crippen molar-refractivity contribution in [2.45, 2.75) is 32.7 Å². The predicted molar refractivity (Wildman–Crippen MR) is 135 cm³/mol. The molecule has 8 heteroatoms. The summed E-state index contributed by atoms with van der Waals surface area (Å²) in [5.74, 6) is 0.0982. The van der Waals surface area contributed by atoms with Gasteiger partial charge < -0.3 is 23.7 Å². The van der Waals surface area contributed by atoms with Gasteiger partial charge in [0.2, 0.25) is 0 Å². The molecule has 0 bridgehead atoms. The fourth-order valence-corrected chi connectivity index (χ4v) is 4.34. The number of Topliss-reactive ketones (excluding diaryl/α,β-unsaturated/α-hetero) is 1. The summed E-state index contributed by atoms with van der Waals surface area (Å²) in [6, 6.07) is 12.5. The number of nitrogens with zero attached hydrogens (tertiary/aromatic N) is 1. The molecular formula is C28H29NO7. The summed E-state index contributed by atoms with van der Waals surface area (Å²) in [5, 5.41) is 11.4. The second kappa shape index (κ2) is 10.2. The summed E-state index contributed by atoms with van der Waals surface area (Å²) >= 11 is 0. The van der Waals surface area contributed by atoms with Crippen molar-refractivity contribution in [2.75, 3.05) is 25.7 Å². The minimum atomic E-state index is -0.995. The smallest absolute Gasteiger partial charge is 0.300 e. The highest BCUT2D eigenvalue weighted by Gasteiger charge is 2.48. The van der Waals surface area contributed by atoms with Gasteiger partial charge in [-0.25, -0.2) is 0 Å². The Hall–Kier alpha value is -4.20. The molecule has 1 N–H and O–H groups in total. The molecular weight excluding hydrogens is 462 g/mol. The van der Waals surface area contributed by atoms with Crippen LogP contribution in [0, 0.1) is 0 Å². The highest BCUT2D eigenvalue weighted by atomic mass is 16.5. The Balaban J connectivity index is 1.91. The minimum absolute atomic E-state index is 0.0735. The third kappa shape index (κ3) is 4.42. The van der Waals surface area contributed by atoms with Crippen LogP contribution in [0.2, 0.25) is 0 Å². The predicted octanol–water partition coefficient (Wildman–Crippen LogP) is 5.45. The fourth-order valence-electron chi connectivity index (χ4n) is 4.34. The monoisotopic (exact) mass is 491 g/mol. The number of rotatable bonds is 8. The van der Waals surface area contributed by atoms with Crippen LogP contribution in [0.1, 0.15) is 49.6 Å². The number of carbonyl (C=O) groups is 2. The first-order chi connectivity index (χ1) is 17.3. The van der Waals surface area contributed by atoms with E-state index in [1.165, 1.54) is 25.4 Å². The van der Waals surface area contributed by atoms with E-state index in [0.717, 1.165) is 5.56 Å². The average molecular weight is 492 g/mol. The maximum Gasteiger partial charge on any atom is 0.300 e. The molecule has 1 aliphatic heterocycles. The summed E-state index contributed by atoms with van der Waals surface area (Å²) < 4.78 is 22.1. The first-order valence-corrected chi connectivity index (χ1v) is 11.6. The molecule has 2 aromatic carbocycles. The molecule has 2 heterocycles. The van der Waals surface area contributed by atoms with E-state index in [2.05, 4.69) is 0 Å². The Morgan fingerprint density at radius 3 is 2.31 bits per heavy atom. The second-order valence-electron chi connectivity index (χ2n) is 8.60. The molecule has 4 rings (SSSR count). The maximum atomic E-state index is 13.4. The number of benzene rings is 2. The fraction of sp³-hybridized carbons (Fsp3) is 0.286. The normalized spacial score (nSPS) is 17.1. The SMILES string of the molecule is CCOc1ccc(/C(O)=C2/C(=O)C(=O)N(c3cc(OC)cc(OC)c3)C2c2ccco2)cc1C(C)C. The first kappa shape index (κ1) is 24.9. The highest BCUT2D eigenvalue weighted by Crippen LogP contribution is 2.44. The zero-order chi connectivity index (χ0) is 26.0. The summed E-state index contributed by atoms with van der Waals surface area (Å²) in [6.45, 7) is 6.42. The summed E-state index contributed by atoms with van der Waals surface area (Å²) in [5.41, 5.74) is 1.57. The van der Waals surface area contributed by atoms with Crippen molar-refractivity contribution in [1.82, 2.24) is 0 Å². The lowest BCUT2D eigenvalue weighted by atomic mass is 9.95. The van der Waals surface area contributed by atoms with E-state index in [1.807, 2.05) is 20.8 Å². The topological polar surface area (TPSA) is 98.4 Å². The second-order valence-corrected chi connectivity index (χ2v) is 8.60. The van der Waals surface area contributed by atoms with Gasteiger partial charge in [0, 0.05) is 23.8 Å². The molecule has 1 fully saturated rings. The number of anilines is 1. The first-order valence-electron chi connectivity index (χ1n) is 11.6. The third-order valence-electron chi connectivity index (χ3n) is 6.08. The number of carbonyl (C=O) groups excluding carboxylic acids is 2. The van der Waals surface area contributed by atoms with Crippen LogP contribution in [-0.4, -0.2) is 37.6 Å². The maximum absolute atomic E-state index is 13.4. The highest BCUT2D eigenvalue weighted by molar-refractivity contribution is 6.51. The zero-order valence-electron chi connectivity index (χ0n) is 20.9. The molecule has 1 saturated heterocycles. The Labute approximate surface area is 209 Å². The van der Waals surface area contributed by atoms with Gasteiger partial charge in [-0.05, 0) is 48.7 Å². The van der Waals surface area contributed by atoms with Gasteiger partial charge in [-0.3, -0.25) is 14.5 Å². The van der Waals surface area contributed by atoms with Gasteiger partial charge in [-0.2, -0.15) is 0 Å². The molecule has 1 aliphatic rings. The molecule has 0 aliphatic carbocycles. The standard InChI is InChI=1S/C28H29NO7/c1-6-35-22-10-9-17(12-21(22)16(2)3)26(30)24-25(23-8-7-11-36-23)29(28(32)27(24)31)18-13-19(33-4)15-20(14-18)34-5/h7-16,25,30H,6H2,1-5H3/b26-24-. The van der Waals surface area contributed by atoms with Gasteiger partial charge in [-0.15, -0.1) is 0 Å². The molecule has 3 aromatic rings. The molecule has 1 amide bonds. The van der Waals surface area contributed by atoms with Crippen LogP contribution in [0.25, 0.3) is 5.76 Å². The molecule has 0 spiro atoms. The molecule has 1 atom stereocenters. The van der Waals surface area contributed by atoms with Gasteiger partial charge in [0.1, 0.15) is 34.8 Å². The van der Waals surface area contributed by atoms with Crippen LogP contribution >= 0.6 is 0 Å². The summed E-state index contributed by atoms with van der Waals surface area (Å²) in [6.07, 6.45) is 1.45. The van der Waals surface area contributed by atoms with Crippen molar-refractivity contribution in [2.24, 2.45) is 0 Å². The average Bonchev–Trinajstić information content (AvgIpc) is 3.50. The minimum Gasteiger partial charge on any atom is -0.507 e. The quantitative estimate of drug-likeness (QED) is 0.254. The summed E-state index contributed by atoms with van der Waals surface area (Å²) in [7, 11) is 2.99. The lowest BCUT2D eigenvalue weighted by Crippen LogP contribution is -2.29. The Bertz CT molecular complexity index is 1290. The van der Waals surface area contributed by atoms with E-state index < -0.39 is 17.7 Å². The molecule has 8 nitrogen and oxygen atoms in total. The molecule has 0 radical (unpaired) electrons. The molecule has 36 heavy (non-hydrogen) atoms. The lowest BCUT2D eigenvalue weighted by molar-refractivity contribution is -0.132. The number of ketones is 1. The zero-order valence-corrected chi connectivity index (χ0v) is 20.9. The molecule has 1 aromatic heterocycles. The van der Waals surface area contributed by atoms with Crippen LogP contribution < -0.4 is 19.1 Å². The van der Waals surface area contributed by atoms with Gasteiger partial charge in [-0.1, -0.05) is 13.8 Å². The molecule has 0 saturated carbocycles. The van der Waals surface area contributed by atoms with Crippen LogP contribution in [0.3, 0.4) is 0 Å². The van der Waals surface area contributed by atoms with Gasteiger partial charge >= 0.3 is 0 Å². The van der Waals surface area contributed by atoms with Gasteiger partial charge in [0.05, 0.1) is 38.4 Å². The van der Waals surface area contributed by atoms with E-state index >= 15 is 0 Å². The van der Waals surface area contributed by atoms with Crippen molar-refractivity contribution >= 4 is 23.1 Å².